The van der Waals surface area contributed by atoms with Gasteiger partial charge in [-0.25, -0.2) is 9.37 Å². The number of pyridine rings is 1. The predicted octanol–water partition coefficient (Wildman–Crippen LogP) is 7.28. The number of aryl methyl sites for hydroxylation is 1. The summed E-state index contributed by atoms with van der Waals surface area (Å²) in [5, 5.41) is 6.07. The molecule has 6 rings (SSSR count). The fraction of sp³-hybridized carbons (Fsp3) is 0.333. The monoisotopic (exact) mass is 552 g/mol. The fourth-order valence-corrected chi connectivity index (χ4v) is 5.24. The van der Waals surface area contributed by atoms with Crippen molar-refractivity contribution in [2.24, 2.45) is 5.92 Å². The van der Waals surface area contributed by atoms with Crippen LogP contribution in [0.2, 0.25) is 0 Å². The van der Waals surface area contributed by atoms with E-state index >= 15 is 0 Å². The van der Waals surface area contributed by atoms with E-state index in [-0.39, 0.29) is 29.5 Å². The number of benzene rings is 2. The summed E-state index contributed by atoms with van der Waals surface area (Å²) in [4.78, 5) is 17.5. The number of halogens is 4. The average Bonchev–Trinajstić information content (AvgIpc) is 3.81. The Morgan fingerprint density at radius 3 is 2.60 bits per heavy atom. The first-order chi connectivity index (χ1) is 19.1. The van der Waals surface area contributed by atoms with Crippen LogP contribution in [0.5, 0.6) is 11.5 Å². The molecule has 2 fully saturated rings. The van der Waals surface area contributed by atoms with E-state index in [2.05, 4.69) is 15.6 Å². The highest BCUT2D eigenvalue weighted by Crippen LogP contribution is 2.53. The smallest absolute Gasteiger partial charge is 0.390 e. The summed E-state index contributed by atoms with van der Waals surface area (Å²) in [5.74, 6) is 0.572. The maximum atomic E-state index is 13.7. The molecule has 2 aromatic heterocycles. The van der Waals surface area contributed by atoms with Crippen molar-refractivity contribution in [3.05, 3.63) is 77.9 Å². The molecule has 0 saturated heterocycles. The number of fused-ring (bicyclic) bond motifs is 1. The van der Waals surface area contributed by atoms with Crippen molar-refractivity contribution in [2.75, 3.05) is 11.9 Å². The van der Waals surface area contributed by atoms with E-state index in [0.29, 0.717) is 28.5 Å². The third-order valence-electron chi connectivity index (χ3n) is 7.61. The molecule has 2 aliphatic rings. The van der Waals surface area contributed by atoms with Gasteiger partial charge in [0.15, 0.2) is 5.65 Å². The number of amides is 1. The lowest BCUT2D eigenvalue weighted by Crippen LogP contribution is -2.38. The molecule has 1 amide bonds. The lowest BCUT2D eigenvalue weighted by Gasteiger charge is -2.18. The minimum Gasteiger partial charge on any atom is -0.456 e. The molecule has 10 heteroatoms. The predicted molar refractivity (Wildman–Crippen MR) is 143 cm³/mol. The molecule has 208 valence electrons. The number of imidazole rings is 1. The minimum atomic E-state index is -4.32. The molecular weight excluding hydrogens is 524 g/mol. The van der Waals surface area contributed by atoms with Crippen molar-refractivity contribution in [3.63, 3.8) is 0 Å². The van der Waals surface area contributed by atoms with Gasteiger partial charge in [-0.05, 0) is 68.4 Å². The van der Waals surface area contributed by atoms with E-state index in [1.54, 1.807) is 35.0 Å². The molecule has 0 atom stereocenters. The van der Waals surface area contributed by atoms with Crippen LogP contribution in [0.25, 0.3) is 16.9 Å². The molecule has 2 aromatic carbocycles. The second kappa shape index (κ2) is 9.83. The van der Waals surface area contributed by atoms with Gasteiger partial charge >= 0.3 is 6.18 Å². The van der Waals surface area contributed by atoms with Gasteiger partial charge in [0, 0.05) is 35.3 Å². The Morgan fingerprint density at radius 2 is 1.93 bits per heavy atom. The lowest BCUT2D eigenvalue weighted by molar-refractivity contribution is -0.131. The number of anilines is 1. The Balaban J connectivity index is 1.32. The highest BCUT2D eigenvalue weighted by atomic mass is 19.4. The Morgan fingerprint density at radius 1 is 1.12 bits per heavy atom. The van der Waals surface area contributed by atoms with Crippen LogP contribution in [0.3, 0.4) is 0 Å². The number of hydrogen-bond donors (Lipinski definition) is 2. The molecule has 0 spiro atoms. The van der Waals surface area contributed by atoms with Crippen molar-refractivity contribution in [1.29, 1.82) is 0 Å². The first-order valence-corrected chi connectivity index (χ1v) is 13.3. The van der Waals surface area contributed by atoms with Gasteiger partial charge in [-0.2, -0.15) is 13.2 Å². The average molecular weight is 553 g/mol. The van der Waals surface area contributed by atoms with E-state index in [9.17, 15) is 22.4 Å². The number of ether oxygens (including phenoxy) is 1. The molecule has 0 aliphatic heterocycles. The highest BCUT2D eigenvalue weighted by molar-refractivity contribution is 5.97. The number of nitrogens with one attached hydrogen (secondary N) is 2. The van der Waals surface area contributed by atoms with Crippen LogP contribution < -0.4 is 15.4 Å². The van der Waals surface area contributed by atoms with Gasteiger partial charge in [-0.15, -0.1) is 0 Å². The molecule has 2 saturated carbocycles. The molecule has 0 bridgehead atoms. The van der Waals surface area contributed by atoms with Crippen LogP contribution >= 0.6 is 0 Å². The van der Waals surface area contributed by atoms with Crippen LogP contribution in [0.4, 0.5) is 23.2 Å². The van der Waals surface area contributed by atoms with E-state index < -0.39 is 18.4 Å². The van der Waals surface area contributed by atoms with Gasteiger partial charge in [0.1, 0.15) is 17.3 Å². The summed E-state index contributed by atoms with van der Waals surface area (Å²) >= 11 is 0. The summed E-state index contributed by atoms with van der Waals surface area (Å²) in [6, 6.07) is 12.7. The number of carbonyl (C=O) groups is 1. The third-order valence-corrected chi connectivity index (χ3v) is 7.61. The maximum absolute atomic E-state index is 13.7. The Hall–Kier alpha value is -4.08. The Kier molecular flexibility index (Phi) is 6.43. The number of hydrogen-bond acceptors (Lipinski definition) is 4. The molecule has 4 aromatic rings. The second-order valence-corrected chi connectivity index (χ2v) is 10.7. The Bertz CT molecular complexity index is 1590. The molecule has 2 heterocycles. The van der Waals surface area contributed by atoms with Crippen molar-refractivity contribution in [2.45, 2.75) is 50.7 Å². The number of aromatic nitrogens is 2. The molecule has 0 radical (unpaired) electrons. The van der Waals surface area contributed by atoms with Crippen LogP contribution in [-0.2, 0) is 0 Å². The summed E-state index contributed by atoms with van der Waals surface area (Å²) in [5.41, 5.74) is 3.55. The Labute approximate surface area is 228 Å². The first kappa shape index (κ1) is 26.2. The zero-order valence-corrected chi connectivity index (χ0v) is 21.8. The van der Waals surface area contributed by atoms with Crippen LogP contribution in [0.15, 0.2) is 60.9 Å². The van der Waals surface area contributed by atoms with Crippen LogP contribution in [-0.4, -0.2) is 33.6 Å². The fourth-order valence-electron chi connectivity index (χ4n) is 5.24. The molecule has 2 N–H and O–H groups in total. The summed E-state index contributed by atoms with van der Waals surface area (Å²) in [6.45, 7) is 1.52. The maximum Gasteiger partial charge on any atom is 0.390 e. The topological polar surface area (TPSA) is 67.7 Å². The van der Waals surface area contributed by atoms with E-state index in [1.165, 1.54) is 31.0 Å². The minimum absolute atomic E-state index is 0.0303. The van der Waals surface area contributed by atoms with Crippen molar-refractivity contribution in [3.8, 4) is 22.8 Å². The van der Waals surface area contributed by atoms with Gasteiger partial charge in [-0.3, -0.25) is 9.20 Å². The van der Waals surface area contributed by atoms with Gasteiger partial charge in [-0.1, -0.05) is 12.1 Å². The normalized spacial score (nSPS) is 16.1. The van der Waals surface area contributed by atoms with Gasteiger partial charge in [0.25, 0.3) is 5.91 Å². The number of rotatable bonds is 9. The van der Waals surface area contributed by atoms with E-state index in [1.807, 2.05) is 19.1 Å². The van der Waals surface area contributed by atoms with Gasteiger partial charge < -0.3 is 15.4 Å². The number of nitrogens with zero attached hydrogens (tertiary/aromatic N) is 2. The first-order valence-electron chi connectivity index (χ1n) is 13.3. The van der Waals surface area contributed by atoms with E-state index in [4.69, 9.17) is 4.74 Å². The second-order valence-electron chi connectivity index (χ2n) is 10.7. The quantitative estimate of drug-likeness (QED) is 0.214. The number of carbonyl (C=O) groups excluding carboxylic acids is 1. The lowest BCUT2D eigenvalue weighted by atomic mass is 10.0. The van der Waals surface area contributed by atoms with E-state index in [0.717, 1.165) is 24.0 Å². The van der Waals surface area contributed by atoms with Crippen LogP contribution in [0, 0.1) is 18.7 Å². The summed E-state index contributed by atoms with van der Waals surface area (Å²) in [6.07, 6.45) is 2.34. The largest absolute Gasteiger partial charge is 0.456 e. The molecule has 0 unspecified atom stereocenters. The highest BCUT2D eigenvalue weighted by Gasteiger charge is 2.54. The van der Waals surface area contributed by atoms with Crippen molar-refractivity contribution in [1.82, 2.24) is 14.7 Å². The summed E-state index contributed by atoms with van der Waals surface area (Å²) in [7, 11) is 0. The number of alkyl halides is 3. The van der Waals surface area contributed by atoms with Gasteiger partial charge in [0.05, 0.1) is 30.2 Å². The van der Waals surface area contributed by atoms with Gasteiger partial charge in [0.2, 0.25) is 0 Å². The third kappa shape index (κ3) is 5.48. The molecule has 40 heavy (non-hydrogen) atoms. The zero-order valence-electron chi connectivity index (χ0n) is 21.8. The summed E-state index contributed by atoms with van der Waals surface area (Å²) < 4.78 is 59.8. The van der Waals surface area contributed by atoms with Crippen molar-refractivity contribution >= 4 is 17.2 Å². The molecular formula is C30H28F4N4O2. The SMILES string of the molecule is Cc1cc(-c2cnc3c(NCCC(F)(F)F)cc(Oc4cccc(F)c4)cn23)ccc1C(=O)NC1(C2CC2)CC1. The standard InChI is InChI=1S/C30H28F4N4O2/c1-18-13-19(5-8-24(18)28(39)37-29(9-10-29)20-6-7-20)26-16-36-27-25(35-12-11-30(32,33)34)15-23(17-38(26)27)40-22-4-2-3-21(31)14-22/h2-5,8,13-17,20,35H,6-7,9-12H2,1H3,(H,37,39). The molecule has 2 aliphatic carbocycles. The molecule has 6 nitrogen and oxygen atoms in total. The van der Waals surface area contributed by atoms with Crippen LogP contribution in [0.1, 0.15) is 48.0 Å². The zero-order chi connectivity index (χ0) is 28.1. The van der Waals surface area contributed by atoms with Crippen molar-refractivity contribution < 1.29 is 27.1 Å².